The van der Waals surface area contributed by atoms with E-state index in [0.29, 0.717) is 44.6 Å². The number of benzene rings is 2. The molecule has 0 bridgehead atoms. The lowest BCUT2D eigenvalue weighted by molar-refractivity contribution is -0.136. The van der Waals surface area contributed by atoms with E-state index in [2.05, 4.69) is 10.3 Å². The van der Waals surface area contributed by atoms with Crippen molar-refractivity contribution in [2.24, 2.45) is 5.41 Å². The standard InChI is InChI=1S/C25H24F2N2O2/c26-22-5-4-21(15-23(22)27)20-3-1-2-19(14-20)16-25(8-12-31-13-9-25)24(30)29-17-18-6-10-28-11-7-18/h1-7,10-11,14-15H,8-9,12-13,16-17H2,(H,29,30). The van der Waals surface area contributed by atoms with E-state index >= 15 is 0 Å². The smallest absolute Gasteiger partial charge is 0.226 e. The van der Waals surface area contributed by atoms with Crippen LogP contribution in [-0.2, 0) is 22.5 Å². The second-order valence-corrected chi connectivity index (χ2v) is 7.94. The Balaban J connectivity index is 1.55. The number of nitrogens with one attached hydrogen (secondary N) is 1. The van der Waals surface area contributed by atoms with Crippen LogP contribution in [-0.4, -0.2) is 24.1 Å². The molecule has 1 amide bonds. The van der Waals surface area contributed by atoms with Gasteiger partial charge in [-0.15, -0.1) is 0 Å². The molecule has 0 spiro atoms. The summed E-state index contributed by atoms with van der Waals surface area (Å²) in [5, 5.41) is 3.08. The van der Waals surface area contributed by atoms with Crippen molar-refractivity contribution in [1.82, 2.24) is 10.3 Å². The molecule has 3 aromatic rings. The van der Waals surface area contributed by atoms with E-state index in [1.807, 2.05) is 36.4 Å². The van der Waals surface area contributed by atoms with Crippen LogP contribution in [0.25, 0.3) is 11.1 Å². The number of hydrogen-bond donors (Lipinski definition) is 1. The highest BCUT2D eigenvalue weighted by molar-refractivity contribution is 5.83. The van der Waals surface area contributed by atoms with Gasteiger partial charge < -0.3 is 10.1 Å². The first-order valence-corrected chi connectivity index (χ1v) is 10.4. The van der Waals surface area contributed by atoms with Gasteiger partial charge in [-0.2, -0.15) is 0 Å². The highest BCUT2D eigenvalue weighted by atomic mass is 19.2. The van der Waals surface area contributed by atoms with Gasteiger partial charge >= 0.3 is 0 Å². The summed E-state index contributed by atoms with van der Waals surface area (Å²) in [5.41, 5.74) is 2.78. The zero-order valence-corrected chi connectivity index (χ0v) is 17.1. The number of amides is 1. The van der Waals surface area contributed by atoms with Gasteiger partial charge in [0.2, 0.25) is 5.91 Å². The molecular weight excluding hydrogens is 398 g/mol. The lowest BCUT2D eigenvalue weighted by atomic mass is 9.74. The summed E-state index contributed by atoms with van der Waals surface area (Å²) in [5.74, 6) is -1.74. The molecule has 2 aromatic carbocycles. The predicted octanol–water partition coefficient (Wildman–Crippen LogP) is 4.68. The Morgan fingerprint density at radius 1 is 0.935 bits per heavy atom. The summed E-state index contributed by atoms with van der Waals surface area (Å²) < 4.78 is 32.5. The fourth-order valence-electron chi connectivity index (χ4n) is 4.04. The van der Waals surface area contributed by atoms with Crippen LogP contribution in [0.2, 0.25) is 0 Å². The van der Waals surface area contributed by atoms with Gasteiger partial charge in [-0.3, -0.25) is 9.78 Å². The third-order valence-electron chi connectivity index (χ3n) is 5.86. The minimum absolute atomic E-state index is 0.00541. The third-order valence-corrected chi connectivity index (χ3v) is 5.86. The van der Waals surface area contributed by atoms with Crippen LogP contribution in [0, 0.1) is 17.0 Å². The fraction of sp³-hybridized carbons (Fsp3) is 0.280. The highest BCUT2D eigenvalue weighted by Crippen LogP contribution is 2.36. The topological polar surface area (TPSA) is 51.2 Å². The van der Waals surface area contributed by atoms with Crippen LogP contribution < -0.4 is 5.32 Å². The first-order valence-electron chi connectivity index (χ1n) is 10.4. The molecule has 1 saturated heterocycles. The maximum absolute atomic E-state index is 13.7. The molecule has 0 saturated carbocycles. The molecule has 6 heteroatoms. The van der Waals surface area contributed by atoms with Gasteiger partial charge in [0.1, 0.15) is 0 Å². The Bertz CT molecular complexity index is 1050. The minimum Gasteiger partial charge on any atom is -0.381 e. The van der Waals surface area contributed by atoms with Crippen molar-refractivity contribution in [3.8, 4) is 11.1 Å². The Hall–Kier alpha value is -3.12. The molecule has 1 aliphatic rings. The van der Waals surface area contributed by atoms with Crippen molar-refractivity contribution in [2.75, 3.05) is 13.2 Å². The molecule has 1 N–H and O–H groups in total. The van der Waals surface area contributed by atoms with Crippen molar-refractivity contribution in [3.63, 3.8) is 0 Å². The van der Waals surface area contributed by atoms with Crippen molar-refractivity contribution < 1.29 is 18.3 Å². The largest absolute Gasteiger partial charge is 0.381 e. The predicted molar refractivity (Wildman–Crippen MR) is 114 cm³/mol. The van der Waals surface area contributed by atoms with E-state index in [9.17, 15) is 13.6 Å². The molecule has 0 atom stereocenters. The molecule has 4 nitrogen and oxygen atoms in total. The molecule has 2 heterocycles. The first kappa shape index (κ1) is 21.1. The molecule has 0 aliphatic carbocycles. The Kier molecular flexibility index (Phi) is 6.37. The number of carbonyl (C=O) groups is 1. The number of halogens is 2. The number of pyridine rings is 1. The van der Waals surface area contributed by atoms with Crippen molar-refractivity contribution >= 4 is 5.91 Å². The second kappa shape index (κ2) is 9.35. The number of ether oxygens (including phenoxy) is 1. The molecule has 31 heavy (non-hydrogen) atoms. The number of carbonyl (C=O) groups excluding carboxylic acids is 1. The summed E-state index contributed by atoms with van der Waals surface area (Å²) in [6.45, 7) is 1.51. The van der Waals surface area contributed by atoms with Crippen molar-refractivity contribution in [1.29, 1.82) is 0 Å². The van der Waals surface area contributed by atoms with Gasteiger partial charge in [0.15, 0.2) is 11.6 Å². The first-order chi connectivity index (χ1) is 15.1. The van der Waals surface area contributed by atoms with E-state index in [-0.39, 0.29) is 5.91 Å². The van der Waals surface area contributed by atoms with Gasteiger partial charge in [-0.1, -0.05) is 30.3 Å². The van der Waals surface area contributed by atoms with Crippen LogP contribution >= 0.6 is 0 Å². The average Bonchev–Trinajstić information content (AvgIpc) is 2.80. The average molecular weight is 422 g/mol. The highest BCUT2D eigenvalue weighted by Gasteiger charge is 2.40. The number of nitrogens with zero attached hydrogens (tertiary/aromatic N) is 1. The third kappa shape index (κ3) is 4.97. The van der Waals surface area contributed by atoms with Gasteiger partial charge in [0.05, 0.1) is 5.41 Å². The van der Waals surface area contributed by atoms with Crippen molar-refractivity contribution in [3.05, 3.63) is 89.8 Å². The summed E-state index contributed by atoms with van der Waals surface area (Å²) >= 11 is 0. The van der Waals surface area contributed by atoms with Crippen LogP contribution in [0.3, 0.4) is 0 Å². The molecule has 0 radical (unpaired) electrons. The second-order valence-electron chi connectivity index (χ2n) is 7.94. The number of hydrogen-bond acceptors (Lipinski definition) is 3. The summed E-state index contributed by atoms with van der Waals surface area (Å²) in [7, 11) is 0. The molecule has 4 rings (SSSR count). The molecular formula is C25H24F2N2O2. The summed E-state index contributed by atoms with van der Waals surface area (Å²) in [6.07, 6.45) is 5.22. The lowest BCUT2D eigenvalue weighted by Gasteiger charge is -2.36. The van der Waals surface area contributed by atoms with Gasteiger partial charge in [0, 0.05) is 32.2 Å². The SMILES string of the molecule is O=C(NCc1ccncc1)C1(Cc2cccc(-c3ccc(F)c(F)c3)c2)CCOCC1. The van der Waals surface area contributed by atoms with E-state index in [1.54, 1.807) is 18.5 Å². The molecule has 1 fully saturated rings. The van der Waals surface area contributed by atoms with Crippen LogP contribution in [0.1, 0.15) is 24.0 Å². The molecule has 1 aliphatic heterocycles. The van der Waals surface area contributed by atoms with Crippen molar-refractivity contribution in [2.45, 2.75) is 25.8 Å². The summed E-state index contributed by atoms with van der Waals surface area (Å²) in [6, 6.07) is 15.3. The van der Waals surface area contributed by atoms with E-state index in [4.69, 9.17) is 4.74 Å². The zero-order valence-electron chi connectivity index (χ0n) is 17.1. The van der Waals surface area contributed by atoms with E-state index in [0.717, 1.165) is 22.8 Å². The molecule has 1 aromatic heterocycles. The lowest BCUT2D eigenvalue weighted by Crippen LogP contribution is -2.45. The molecule has 0 unspecified atom stereocenters. The maximum atomic E-state index is 13.7. The van der Waals surface area contributed by atoms with Gasteiger partial charge in [-0.25, -0.2) is 8.78 Å². The number of aromatic nitrogens is 1. The molecule has 160 valence electrons. The monoisotopic (exact) mass is 422 g/mol. The quantitative estimate of drug-likeness (QED) is 0.627. The minimum atomic E-state index is -0.876. The van der Waals surface area contributed by atoms with E-state index in [1.165, 1.54) is 6.07 Å². The fourth-order valence-corrected chi connectivity index (χ4v) is 4.04. The van der Waals surface area contributed by atoms with Crippen LogP contribution in [0.4, 0.5) is 8.78 Å². The normalized spacial score (nSPS) is 15.4. The van der Waals surface area contributed by atoms with Gasteiger partial charge in [0.25, 0.3) is 0 Å². The Morgan fingerprint density at radius 3 is 2.42 bits per heavy atom. The number of rotatable bonds is 6. The van der Waals surface area contributed by atoms with Crippen LogP contribution in [0.5, 0.6) is 0 Å². The zero-order chi connectivity index (χ0) is 21.7. The maximum Gasteiger partial charge on any atom is 0.226 e. The van der Waals surface area contributed by atoms with Crippen LogP contribution in [0.15, 0.2) is 67.0 Å². The Labute approximate surface area is 180 Å². The van der Waals surface area contributed by atoms with E-state index < -0.39 is 17.0 Å². The summed E-state index contributed by atoms with van der Waals surface area (Å²) in [4.78, 5) is 17.3. The Morgan fingerprint density at radius 2 is 1.68 bits per heavy atom. The van der Waals surface area contributed by atoms with Gasteiger partial charge in [-0.05, 0) is 65.8 Å².